The molecule has 8 saturated heterocycles. The summed E-state index contributed by atoms with van der Waals surface area (Å²) in [6, 6.07) is 35.8. The number of likely N-dealkylation sites (tertiary alicyclic amines) is 3. The number of nitrogens with zero attached hydrogens (tertiary/aromatic N) is 17. The van der Waals surface area contributed by atoms with Gasteiger partial charge in [0.1, 0.15) is 11.0 Å². The number of fused-ring (bicyclic) bond motifs is 1. The number of nitro benzene ring substituents is 2. The van der Waals surface area contributed by atoms with Crippen molar-refractivity contribution in [1.82, 2.24) is 44.3 Å². The molecule has 111 heavy (non-hydrogen) atoms. The van der Waals surface area contributed by atoms with E-state index in [1.807, 2.05) is 48.5 Å². The van der Waals surface area contributed by atoms with Gasteiger partial charge in [0.05, 0.1) is 41.7 Å². The van der Waals surface area contributed by atoms with E-state index in [1.165, 1.54) is 138 Å². The first-order valence-electron chi connectivity index (χ1n) is 40.1. The summed E-state index contributed by atoms with van der Waals surface area (Å²) < 4.78 is 3.17. The van der Waals surface area contributed by atoms with Crippen LogP contribution >= 0.6 is 0 Å². The molecule has 0 atom stereocenters. The molecular weight excluding hydrogens is 1400 g/mol. The molecule has 8 aliphatic rings. The Kier molecular flexibility index (Phi) is 26.8. The lowest BCUT2D eigenvalue weighted by atomic mass is 9.71. The molecule has 15 rings (SSSR count). The van der Waals surface area contributed by atoms with Crippen molar-refractivity contribution in [2.75, 3.05) is 175 Å². The van der Waals surface area contributed by atoms with Crippen LogP contribution in [0, 0.1) is 61.6 Å². The number of benzene rings is 4. The fourth-order valence-corrected chi connectivity index (χ4v) is 17.9. The van der Waals surface area contributed by atoms with Crippen molar-refractivity contribution in [3.8, 4) is 5.82 Å². The van der Waals surface area contributed by atoms with Gasteiger partial charge >= 0.3 is 0 Å². The summed E-state index contributed by atoms with van der Waals surface area (Å²) in [6.07, 6.45) is 23.2. The number of nitrogens with two attached hydrogens (primary N) is 1. The third-order valence-electron chi connectivity index (χ3n) is 25.4. The molecule has 0 saturated carbocycles. The lowest BCUT2D eigenvalue weighted by Crippen LogP contribution is -2.47. The number of hydrogen-bond donors (Lipinski definition) is 4. The van der Waals surface area contributed by atoms with E-state index in [0.29, 0.717) is 69.8 Å². The molecule has 5 N–H and O–H groups in total. The minimum atomic E-state index is -1.15. The molecule has 0 bridgehead atoms. The molecule has 8 fully saturated rings. The van der Waals surface area contributed by atoms with Gasteiger partial charge in [0, 0.05) is 117 Å². The summed E-state index contributed by atoms with van der Waals surface area (Å²) >= 11 is 0. The minimum Gasteiger partial charge on any atom is -0.399 e. The van der Waals surface area contributed by atoms with Gasteiger partial charge in [-0.15, -0.1) is 6.58 Å². The van der Waals surface area contributed by atoms with Crippen LogP contribution in [0.15, 0.2) is 139 Å². The Balaban J connectivity index is 0.000000147. The maximum atomic E-state index is 13.3. The van der Waals surface area contributed by atoms with E-state index in [0.717, 1.165) is 134 Å². The first-order valence-corrected chi connectivity index (χ1v) is 40.1. The number of aliphatic hydroxyl groups is 1. The SMILES string of the molecule is O=[N+]([O-])c1ccc(N2CCC3(CCNCC3)CC2)cc1.[C-]#[N+]CCN1CCC2(CC1)CCN(c1ccc(N)cc1)CC2.[C-]#[N+]CCN1CCC2(CC1)CCN(c1ccc(Nc3ncc4c(=O)n(CC=C)n(-c5cccc(C(C)(C)O)n5)c4n3)cc1)CC2.[C-]#[N+]CCN1CCC2(CC1)CCN(c1ccc([N+](=O)[O-])cc1)CC2. The monoisotopic (exact) mass is 1510 g/mol. The molecular formula is C85H112N20O6. The van der Waals surface area contributed by atoms with Crippen LogP contribution in [-0.2, 0) is 12.1 Å². The quantitative estimate of drug-likeness (QED) is 0.0205. The van der Waals surface area contributed by atoms with Crippen LogP contribution in [0.4, 0.5) is 51.4 Å². The van der Waals surface area contributed by atoms with Crippen LogP contribution in [0.5, 0.6) is 0 Å². The van der Waals surface area contributed by atoms with E-state index < -0.39 is 5.60 Å². The van der Waals surface area contributed by atoms with E-state index in [9.17, 15) is 30.1 Å². The summed E-state index contributed by atoms with van der Waals surface area (Å²) in [4.78, 5) is 75.3. The molecule has 4 aromatic carbocycles. The number of non-ortho nitro benzene ring substituents is 2. The molecule has 4 spiro atoms. The predicted octanol–water partition coefficient (Wildman–Crippen LogP) is 13.4. The van der Waals surface area contributed by atoms with Crippen LogP contribution in [0.3, 0.4) is 0 Å². The second kappa shape index (κ2) is 36.9. The van der Waals surface area contributed by atoms with Crippen molar-refractivity contribution in [3.05, 3.63) is 205 Å². The Labute approximate surface area is 654 Å². The first kappa shape index (κ1) is 80.5. The number of hydrogen-bond acceptors (Lipinski definition) is 19. The summed E-state index contributed by atoms with van der Waals surface area (Å²) in [6.45, 7) is 50.7. The Morgan fingerprint density at radius 1 is 0.541 bits per heavy atom. The summed E-state index contributed by atoms with van der Waals surface area (Å²) in [5, 5.41) is 39.1. The highest BCUT2D eigenvalue weighted by molar-refractivity contribution is 5.77. The van der Waals surface area contributed by atoms with Crippen molar-refractivity contribution in [2.24, 2.45) is 21.7 Å². The zero-order valence-electron chi connectivity index (χ0n) is 65.1. The second-order valence-corrected chi connectivity index (χ2v) is 32.5. The van der Waals surface area contributed by atoms with Crippen LogP contribution in [-0.4, -0.2) is 198 Å². The van der Waals surface area contributed by atoms with Crippen LogP contribution in [0.1, 0.15) is 122 Å². The highest BCUT2D eigenvalue weighted by atomic mass is 16.6. The number of pyridine rings is 1. The fourth-order valence-electron chi connectivity index (χ4n) is 17.9. The van der Waals surface area contributed by atoms with Crippen molar-refractivity contribution in [2.45, 2.75) is 129 Å². The molecule has 8 aliphatic heterocycles. The van der Waals surface area contributed by atoms with Gasteiger partial charge in [-0.25, -0.2) is 39.0 Å². The molecule has 588 valence electrons. The first-order chi connectivity index (χ1) is 53.7. The van der Waals surface area contributed by atoms with Crippen molar-refractivity contribution < 1.29 is 15.0 Å². The lowest BCUT2D eigenvalue weighted by molar-refractivity contribution is -0.385. The highest BCUT2D eigenvalue weighted by Crippen LogP contribution is 2.46. The number of nitrogens with one attached hydrogen (secondary N) is 2. The van der Waals surface area contributed by atoms with E-state index in [2.05, 4.69) is 100 Å². The van der Waals surface area contributed by atoms with Gasteiger partial charge in [-0.05, 0) is 276 Å². The van der Waals surface area contributed by atoms with Gasteiger partial charge in [-0.2, -0.15) is 4.98 Å². The molecule has 0 unspecified atom stereocenters. The lowest BCUT2D eigenvalue weighted by Gasteiger charge is -2.47. The number of nitro groups is 2. The Hall–Kier alpha value is -10.0. The Bertz CT molecular complexity index is 4390. The maximum Gasteiger partial charge on any atom is 0.278 e. The molecule has 3 aromatic heterocycles. The predicted molar refractivity (Wildman–Crippen MR) is 442 cm³/mol. The van der Waals surface area contributed by atoms with Gasteiger partial charge in [0.25, 0.3) is 16.9 Å². The third-order valence-corrected chi connectivity index (χ3v) is 25.4. The molecule has 7 aromatic rings. The van der Waals surface area contributed by atoms with Gasteiger partial charge in [-0.1, -0.05) is 12.1 Å². The van der Waals surface area contributed by atoms with E-state index in [-0.39, 0.29) is 33.3 Å². The van der Waals surface area contributed by atoms with Gasteiger partial charge in [0.15, 0.2) is 11.5 Å². The fraction of sp³-hybridized carbons (Fsp3) is 0.541. The standard InChI is InChI=1S/C34H41N9O2.C18H24N4O2.C18H26N4.C15H21N3O2/c1-5-18-42-31(44)27-24-36-32(39-30(27)43(42)29-8-6-7-28(38-29)33(2,3)45)37-25-9-11-26(12-10-25)41-21-15-34(16-22-41)13-19-40(20-14-34)23-17-35-4;1-19-10-15-20-11-6-18(7-12-20)8-13-21(14-9-18)16-2-4-17(5-3-16)22(23)24;1-20-10-15-21-11-6-18(7-12-21)8-13-22(14-9-18)17-4-2-16(19)3-5-17;19-18(20)14-3-1-13(2-4-14)17-11-7-15(8-12-17)5-9-16-10-6-15/h5-12,24,45H,1,13-23H2,2-3H3,(H,36,37,39);2-5H,6-15H2;2-5H,6-15,19H2;1-4,16H,5-12H2. The Morgan fingerprint density at radius 2 is 0.901 bits per heavy atom. The average molecular weight is 1510 g/mol. The van der Waals surface area contributed by atoms with Gasteiger partial charge < -0.3 is 55.6 Å². The number of nitrogen functional groups attached to an aromatic ring is 1. The molecule has 0 aliphatic carbocycles. The van der Waals surface area contributed by atoms with Gasteiger partial charge in [0.2, 0.25) is 25.6 Å². The van der Waals surface area contributed by atoms with E-state index >= 15 is 0 Å². The second-order valence-electron chi connectivity index (χ2n) is 32.5. The molecule has 26 nitrogen and oxygen atoms in total. The van der Waals surface area contributed by atoms with Crippen LogP contribution in [0.2, 0.25) is 0 Å². The third kappa shape index (κ3) is 20.6. The summed E-state index contributed by atoms with van der Waals surface area (Å²) in [5.74, 6) is 0.826. The van der Waals surface area contributed by atoms with Crippen molar-refractivity contribution in [1.29, 1.82) is 0 Å². The number of rotatable bonds is 18. The highest BCUT2D eigenvalue weighted by Gasteiger charge is 2.41. The molecule has 0 amide bonds. The smallest absolute Gasteiger partial charge is 0.278 e. The van der Waals surface area contributed by atoms with Crippen LogP contribution < -0.4 is 41.5 Å². The Morgan fingerprint density at radius 3 is 1.26 bits per heavy atom. The largest absolute Gasteiger partial charge is 0.399 e. The van der Waals surface area contributed by atoms with Crippen LogP contribution in [0.25, 0.3) is 31.4 Å². The number of aromatic nitrogens is 5. The number of anilines is 7. The average Bonchev–Trinajstić information content (AvgIpc) is 1.60. The number of allylic oxidation sites excluding steroid dienone is 1. The summed E-state index contributed by atoms with van der Waals surface area (Å²) in [5.41, 5.74) is 14.0. The molecule has 26 heteroatoms. The number of piperidine rings is 8. The molecule has 0 radical (unpaired) electrons. The van der Waals surface area contributed by atoms with Crippen molar-refractivity contribution in [3.63, 3.8) is 0 Å². The zero-order valence-corrected chi connectivity index (χ0v) is 65.1. The van der Waals surface area contributed by atoms with Crippen molar-refractivity contribution >= 4 is 62.5 Å². The van der Waals surface area contributed by atoms with E-state index in [1.54, 1.807) is 67.1 Å². The zero-order chi connectivity index (χ0) is 78.0. The molecule has 11 heterocycles. The maximum absolute atomic E-state index is 13.3. The summed E-state index contributed by atoms with van der Waals surface area (Å²) in [7, 11) is 0. The van der Waals surface area contributed by atoms with E-state index in [4.69, 9.17) is 30.4 Å². The topological polar surface area (TPSA) is 258 Å². The minimum absolute atomic E-state index is 0.152. The normalized spacial score (nSPS) is 19.6. The van der Waals surface area contributed by atoms with Gasteiger partial charge in [-0.3, -0.25) is 39.7 Å².